The maximum absolute atomic E-state index is 12.6. The molecule has 3 aromatic rings. The molecule has 23 heavy (non-hydrogen) atoms. The highest BCUT2D eigenvalue weighted by Gasteiger charge is 2.17. The number of carbonyl (C=O) groups excluding carboxylic acids is 1. The highest BCUT2D eigenvalue weighted by molar-refractivity contribution is 7.07. The minimum atomic E-state index is -0.0642. The third-order valence-corrected chi connectivity index (χ3v) is 4.60. The molecule has 1 atom stereocenters. The molecule has 0 aliphatic heterocycles. The van der Waals surface area contributed by atoms with Gasteiger partial charge < -0.3 is 10.2 Å². The Kier molecular flexibility index (Phi) is 4.69. The van der Waals surface area contributed by atoms with E-state index in [4.69, 9.17) is 0 Å². The van der Waals surface area contributed by atoms with Gasteiger partial charge in [0.15, 0.2) is 0 Å². The van der Waals surface area contributed by atoms with E-state index in [0.717, 1.165) is 10.9 Å². The lowest BCUT2D eigenvalue weighted by atomic mass is 10.1. The van der Waals surface area contributed by atoms with E-state index < -0.39 is 0 Å². The van der Waals surface area contributed by atoms with Crippen molar-refractivity contribution < 1.29 is 4.79 Å². The molecule has 2 heterocycles. The largest absolute Gasteiger partial charge is 0.350 e. The van der Waals surface area contributed by atoms with Gasteiger partial charge >= 0.3 is 0 Å². The average molecular weight is 325 g/mol. The maximum atomic E-state index is 12.6. The molecule has 3 rings (SSSR count). The van der Waals surface area contributed by atoms with Crippen LogP contribution in [0.3, 0.4) is 0 Å². The summed E-state index contributed by atoms with van der Waals surface area (Å²) in [5.41, 5.74) is 2.72. The van der Waals surface area contributed by atoms with Gasteiger partial charge in [-0.05, 0) is 54.7 Å². The van der Waals surface area contributed by atoms with Gasteiger partial charge in [0, 0.05) is 23.7 Å². The van der Waals surface area contributed by atoms with Crippen LogP contribution in [-0.2, 0) is 0 Å². The minimum Gasteiger partial charge on any atom is -0.350 e. The Hall–Kier alpha value is -2.24. The van der Waals surface area contributed by atoms with Crippen molar-refractivity contribution in [1.29, 1.82) is 0 Å². The summed E-state index contributed by atoms with van der Waals surface area (Å²) in [5, 5.41) is 8.12. The second kappa shape index (κ2) is 6.89. The first-order chi connectivity index (χ1) is 11.2. The molecule has 0 unspecified atom stereocenters. The zero-order valence-corrected chi connectivity index (χ0v) is 14.0. The van der Waals surface area contributed by atoms with Crippen molar-refractivity contribution in [2.24, 2.45) is 0 Å². The number of fused-ring (bicyclic) bond motifs is 1. The van der Waals surface area contributed by atoms with E-state index in [9.17, 15) is 4.79 Å². The van der Waals surface area contributed by atoms with Crippen molar-refractivity contribution in [3.63, 3.8) is 0 Å². The third kappa shape index (κ3) is 3.41. The number of benzene rings is 1. The Morgan fingerprint density at radius 3 is 2.87 bits per heavy atom. The number of hydrogen-bond donors (Lipinski definition) is 1. The quantitative estimate of drug-likeness (QED) is 0.782. The number of carbonyl (C=O) groups is 1. The average Bonchev–Trinajstić information content (AvgIpc) is 3.08. The number of thiophene rings is 1. The summed E-state index contributed by atoms with van der Waals surface area (Å²) in [6, 6.07) is 11.7. The molecule has 0 aliphatic rings. The van der Waals surface area contributed by atoms with E-state index in [1.807, 2.05) is 44.4 Å². The minimum absolute atomic E-state index is 0.0642. The van der Waals surface area contributed by atoms with Crippen molar-refractivity contribution in [2.75, 3.05) is 20.6 Å². The predicted molar refractivity (Wildman–Crippen MR) is 94.8 cm³/mol. The number of pyridine rings is 1. The number of hydrogen-bond acceptors (Lipinski definition) is 4. The van der Waals surface area contributed by atoms with Crippen LogP contribution in [0.25, 0.3) is 10.9 Å². The summed E-state index contributed by atoms with van der Waals surface area (Å²) in [7, 11) is 4.05. The van der Waals surface area contributed by atoms with E-state index in [1.165, 1.54) is 5.56 Å². The molecule has 2 aromatic heterocycles. The lowest BCUT2D eigenvalue weighted by molar-refractivity contribution is 0.0943. The van der Waals surface area contributed by atoms with Crippen LogP contribution in [0.5, 0.6) is 0 Å². The smallest absolute Gasteiger partial charge is 0.252 e. The van der Waals surface area contributed by atoms with Gasteiger partial charge in [-0.1, -0.05) is 12.1 Å². The predicted octanol–water partition coefficient (Wildman–Crippen LogP) is 3.33. The molecule has 0 saturated carbocycles. The molecule has 4 nitrogen and oxygen atoms in total. The second-order valence-corrected chi connectivity index (χ2v) is 6.40. The summed E-state index contributed by atoms with van der Waals surface area (Å²) >= 11 is 1.67. The number of nitrogens with one attached hydrogen (secondary N) is 1. The highest BCUT2D eigenvalue weighted by Crippen LogP contribution is 2.21. The first kappa shape index (κ1) is 15.6. The highest BCUT2D eigenvalue weighted by atomic mass is 32.1. The summed E-state index contributed by atoms with van der Waals surface area (Å²) in [5.74, 6) is -0.0642. The topological polar surface area (TPSA) is 45.2 Å². The Labute approximate surface area is 139 Å². The Morgan fingerprint density at radius 1 is 1.26 bits per heavy atom. The maximum Gasteiger partial charge on any atom is 0.252 e. The van der Waals surface area contributed by atoms with Gasteiger partial charge in [-0.15, -0.1) is 0 Å². The first-order valence-electron chi connectivity index (χ1n) is 7.47. The molecular formula is C18H19N3OS. The van der Waals surface area contributed by atoms with E-state index in [1.54, 1.807) is 17.5 Å². The van der Waals surface area contributed by atoms with Gasteiger partial charge in [-0.25, -0.2) is 0 Å². The molecule has 5 heteroatoms. The van der Waals surface area contributed by atoms with Gasteiger partial charge in [0.1, 0.15) is 0 Å². The fourth-order valence-electron chi connectivity index (χ4n) is 2.65. The van der Waals surface area contributed by atoms with E-state index in [2.05, 4.69) is 32.0 Å². The number of aromatic nitrogens is 1. The van der Waals surface area contributed by atoms with E-state index >= 15 is 0 Å². The van der Waals surface area contributed by atoms with Crippen LogP contribution in [0.1, 0.15) is 22.0 Å². The van der Waals surface area contributed by atoms with Crippen LogP contribution in [0.15, 0.2) is 53.4 Å². The molecule has 0 saturated heterocycles. The van der Waals surface area contributed by atoms with Crippen molar-refractivity contribution in [1.82, 2.24) is 15.2 Å². The monoisotopic (exact) mass is 325 g/mol. The van der Waals surface area contributed by atoms with Gasteiger partial charge in [0.25, 0.3) is 5.91 Å². The fourth-order valence-corrected chi connectivity index (χ4v) is 3.36. The van der Waals surface area contributed by atoms with Crippen LogP contribution < -0.4 is 5.32 Å². The Balaban J connectivity index is 1.78. The molecule has 0 radical (unpaired) electrons. The van der Waals surface area contributed by atoms with Crippen LogP contribution in [0, 0.1) is 0 Å². The van der Waals surface area contributed by atoms with Crippen molar-refractivity contribution in [2.45, 2.75) is 6.04 Å². The molecule has 1 N–H and O–H groups in total. The van der Waals surface area contributed by atoms with E-state index in [-0.39, 0.29) is 11.9 Å². The molecule has 0 aliphatic carbocycles. The number of amides is 1. The van der Waals surface area contributed by atoms with Crippen molar-refractivity contribution >= 4 is 28.1 Å². The van der Waals surface area contributed by atoms with Gasteiger partial charge in [0.05, 0.1) is 11.6 Å². The summed E-state index contributed by atoms with van der Waals surface area (Å²) in [6.45, 7) is 0.569. The standard InChI is InChI=1S/C18H19N3OS/c1-21(2)17(13-8-10-23-12-13)11-20-18(22)15-5-3-7-16-14(15)6-4-9-19-16/h3-10,12,17H,11H2,1-2H3,(H,20,22)/t17-/m0/s1. The van der Waals surface area contributed by atoms with Crippen LogP contribution >= 0.6 is 11.3 Å². The van der Waals surface area contributed by atoms with Crippen molar-refractivity contribution in [3.05, 3.63) is 64.5 Å². The van der Waals surface area contributed by atoms with Crippen LogP contribution in [0.4, 0.5) is 0 Å². The summed E-state index contributed by atoms with van der Waals surface area (Å²) < 4.78 is 0. The lowest BCUT2D eigenvalue weighted by Gasteiger charge is -2.24. The van der Waals surface area contributed by atoms with Crippen LogP contribution in [-0.4, -0.2) is 36.4 Å². The normalized spacial score (nSPS) is 12.5. The zero-order chi connectivity index (χ0) is 16.2. The number of likely N-dealkylation sites (N-methyl/N-ethyl adjacent to an activating group) is 1. The zero-order valence-electron chi connectivity index (χ0n) is 13.2. The lowest BCUT2D eigenvalue weighted by Crippen LogP contribution is -2.34. The number of rotatable bonds is 5. The Bertz CT molecular complexity index is 794. The molecule has 1 aromatic carbocycles. The van der Waals surface area contributed by atoms with Crippen LogP contribution in [0.2, 0.25) is 0 Å². The van der Waals surface area contributed by atoms with E-state index in [0.29, 0.717) is 12.1 Å². The molecule has 0 bridgehead atoms. The van der Waals surface area contributed by atoms with Gasteiger partial charge in [0.2, 0.25) is 0 Å². The summed E-state index contributed by atoms with van der Waals surface area (Å²) in [6.07, 6.45) is 1.74. The van der Waals surface area contributed by atoms with Crippen molar-refractivity contribution in [3.8, 4) is 0 Å². The Morgan fingerprint density at radius 2 is 2.13 bits per heavy atom. The second-order valence-electron chi connectivity index (χ2n) is 5.62. The fraction of sp³-hybridized carbons (Fsp3) is 0.222. The molecule has 1 amide bonds. The molecule has 0 spiro atoms. The van der Waals surface area contributed by atoms with Gasteiger partial charge in [-0.3, -0.25) is 9.78 Å². The summed E-state index contributed by atoms with van der Waals surface area (Å²) in [4.78, 5) is 19.0. The number of nitrogens with zero attached hydrogens (tertiary/aromatic N) is 2. The molecule has 0 fully saturated rings. The molecule has 118 valence electrons. The molecular weight excluding hydrogens is 306 g/mol. The SMILES string of the molecule is CN(C)[C@@H](CNC(=O)c1cccc2ncccc12)c1ccsc1. The van der Waals surface area contributed by atoms with Gasteiger partial charge in [-0.2, -0.15) is 11.3 Å². The first-order valence-corrected chi connectivity index (χ1v) is 8.41. The third-order valence-electron chi connectivity index (χ3n) is 3.90.